The highest BCUT2D eigenvalue weighted by Crippen LogP contribution is 2.23. The fourth-order valence-corrected chi connectivity index (χ4v) is 2.37. The van der Waals surface area contributed by atoms with Crippen LogP contribution in [0.15, 0.2) is 42.5 Å². The first-order valence-corrected chi connectivity index (χ1v) is 6.73. The Labute approximate surface area is 123 Å². The number of aryl methyl sites for hydroxylation is 2. The van der Waals surface area contributed by atoms with E-state index in [9.17, 15) is 0 Å². The van der Waals surface area contributed by atoms with Gasteiger partial charge in [0.15, 0.2) is 0 Å². The molecule has 104 valence electrons. The number of hydrogen-bond donors (Lipinski definition) is 0. The summed E-state index contributed by atoms with van der Waals surface area (Å²) < 4.78 is 7.71. The molecule has 2 aromatic carbocycles. The lowest BCUT2D eigenvalue weighted by atomic mass is 10.1. The number of nitrogens with zero attached hydrogens (tertiary/aromatic N) is 3. The van der Waals surface area contributed by atoms with Gasteiger partial charge in [0.05, 0.1) is 17.1 Å². The first-order chi connectivity index (χ1) is 10.2. The maximum absolute atomic E-state index is 8.96. The molecular weight excluding hydrogens is 262 g/mol. The minimum absolute atomic E-state index is 0.386. The van der Waals surface area contributed by atoms with Gasteiger partial charge in [0.1, 0.15) is 18.1 Å². The molecule has 21 heavy (non-hydrogen) atoms. The number of fused-ring (bicyclic) bond motifs is 1. The average Bonchev–Trinajstić information content (AvgIpc) is 2.83. The Bertz CT molecular complexity index is 843. The van der Waals surface area contributed by atoms with Crippen molar-refractivity contribution < 1.29 is 4.74 Å². The van der Waals surface area contributed by atoms with Gasteiger partial charge in [-0.1, -0.05) is 24.3 Å². The molecule has 4 heteroatoms. The average molecular weight is 277 g/mol. The van der Waals surface area contributed by atoms with Crippen LogP contribution in [0.25, 0.3) is 10.9 Å². The van der Waals surface area contributed by atoms with Crippen molar-refractivity contribution in [3.8, 4) is 11.8 Å². The quantitative estimate of drug-likeness (QED) is 0.737. The van der Waals surface area contributed by atoms with Crippen LogP contribution in [0.4, 0.5) is 0 Å². The van der Waals surface area contributed by atoms with Gasteiger partial charge >= 0.3 is 0 Å². The molecule has 3 aromatic rings. The molecule has 0 atom stereocenters. The number of rotatable bonds is 3. The first kappa shape index (κ1) is 13.2. The Morgan fingerprint density at radius 2 is 2.05 bits per heavy atom. The predicted octanol–water partition coefficient (Wildman–Crippen LogP) is 3.33. The highest BCUT2D eigenvalue weighted by Gasteiger charge is 2.09. The summed E-state index contributed by atoms with van der Waals surface area (Å²) in [7, 11) is 1.92. The topological polar surface area (TPSA) is 50.8 Å². The van der Waals surface area contributed by atoms with Crippen molar-refractivity contribution in [3.05, 3.63) is 59.3 Å². The van der Waals surface area contributed by atoms with E-state index in [1.54, 1.807) is 12.1 Å². The molecule has 0 radical (unpaired) electrons. The van der Waals surface area contributed by atoms with Crippen LogP contribution in [-0.4, -0.2) is 9.78 Å². The first-order valence-electron chi connectivity index (χ1n) is 6.73. The van der Waals surface area contributed by atoms with Crippen molar-refractivity contribution in [3.63, 3.8) is 0 Å². The lowest BCUT2D eigenvalue weighted by molar-refractivity contribution is 0.299. The van der Waals surface area contributed by atoms with Crippen molar-refractivity contribution in [1.29, 1.82) is 5.26 Å². The molecule has 0 amide bonds. The SMILES string of the molecule is Cc1ccc(C#N)cc1OCc1nn(C)c2ccccc12. The van der Waals surface area contributed by atoms with Crippen LogP contribution in [0.5, 0.6) is 5.75 Å². The maximum Gasteiger partial charge on any atom is 0.133 e. The Morgan fingerprint density at radius 1 is 1.24 bits per heavy atom. The van der Waals surface area contributed by atoms with Gasteiger partial charge in [0.2, 0.25) is 0 Å². The van der Waals surface area contributed by atoms with Crippen LogP contribution in [0.3, 0.4) is 0 Å². The molecule has 0 aliphatic heterocycles. The summed E-state index contributed by atoms with van der Waals surface area (Å²) in [6, 6.07) is 15.6. The third kappa shape index (κ3) is 2.46. The molecule has 3 rings (SSSR count). The maximum atomic E-state index is 8.96. The summed E-state index contributed by atoms with van der Waals surface area (Å²) in [5.41, 5.74) is 3.59. The molecule has 0 aliphatic carbocycles. The Kier molecular flexibility index (Phi) is 3.33. The van der Waals surface area contributed by atoms with Crippen molar-refractivity contribution in [1.82, 2.24) is 9.78 Å². The van der Waals surface area contributed by atoms with Crippen molar-refractivity contribution in [2.24, 2.45) is 7.05 Å². The summed E-state index contributed by atoms with van der Waals surface area (Å²) >= 11 is 0. The number of aromatic nitrogens is 2. The summed E-state index contributed by atoms with van der Waals surface area (Å²) in [6.07, 6.45) is 0. The van der Waals surface area contributed by atoms with E-state index in [0.29, 0.717) is 12.2 Å². The third-order valence-corrected chi connectivity index (χ3v) is 3.52. The van der Waals surface area contributed by atoms with Crippen molar-refractivity contribution in [2.75, 3.05) is 0 Å². The monoisotopic (exact) mass is 277 g/mol. The minimum atomic E-state index is 0.386. The highest BCUT2D eigenvalue weighted by atomic mass is 16.5. The smallest absolute Gasteiger partial charge is 0.133 e. The molecule has 0 N–H and O–H groups in total. The van der Waals surface area contributed by atoms with Gasteiger partial charge in [0.25, 0.3) is 0 Å². The second-order valence-electron chi connectivity index (χ2n) is 4.97. The lowest BCUT2D eigenvalue weighted by Gasteiger charge is -2.08. The molecule has 0 fully saturated rings. The van der Waals surface area contributed by atoms with Gasteiger partial charge in [0, 0.05) is 12.4 Å². The normalized spacial score (nSPS) is 10.5. The number of ether oxygens (including phenoxy) is 1. The van der Waals surface area contributed by atoms with E-state index >= 15 is 0 Å². The van der Waals surface area contributed by atoms with Gasteiger partial charge in [-0.2, -0.15) is 10.4 Å². The van der Waals surface area contributed by atoms with Crippen LogP contribution < -0.4 is 4.74 Å². The van der Waals surface area contributed by atoms with Crippen LogP contribution in [0.2, 0.25) is 0 Å². The second kappa shape index (κ2) is 5.29. The predicted molar refractivity (Wildman–Crippen MR) is 80.9 cm³/mol. The summed E-state index contributed by atoms with van der Waals surface area (Å²) in [6.45, 7) is 2.35. The van der Waals surface area contributed by atoms with Gasteiger partial charge in [-0.05, 0) is 30.7 Å². The van der Waals surface area contributed by atoms with E-state index in [2.05, 4.69) is 11.2 Å². The molecule has 0 bridgehead atoms. The summed E-state index contributed by atoms with van der Waals surface area (Å²) in [5, 5.41) is 14.6. The molecule has 0 saturated heterocycles. The van der Waals surface area contributed by atoms with Crippen LogP contribution in [-0.2, 0) is 13.7 Å². The molecular formula is C17H15N3O. The Hall–Kier alpha value is -2.80. The van der Waals surface area contributed by atoms with Gasteiger partial charge in [-0.15, -0.1) is 0 Å². The molecule has 4 nitrogen and oxygen atoms in total. The fraction of sp³-hybridized carbons (Fsp3) is 0.176. The lowest BCUT2D eigenvalue weighted by Crippen LogP contribution is -1.99. The fourth-order valence-electron chi connectivity index (χ4n) is 2.37. The van der Waals surface area contributed by atoms with Crippen LogP contribution in [0, 0.1) is 18.3 Å². The zero-order valence-electron chi connectivity index (χ0n) is 12.0. The summed E-state index contributed by atoms with van der Waals surface area (Å²) in [5.74, 6) is 0.726. The van der Waals surface area contributed by atoms with E-state index < -0.39 is 0 Å². The van der Waals surface area contributed by atoms with E-state index in [4.69, 9.17) is 10.00 Å². The van der Waals surface area contributed by atoms with Crippen LogP contribution >= 0.6 is 0 Å². The van der Waals surface area contributed by atoms with Crippen molar-refractivity contribution in [2.45, 2.75) is 13.5 Å². The van der Waals surface area contributed by atoms with Gasteiger partial charge < -0.3 is 4.74 Å². The summed E-state index contributed by atoms with van der Waals surface area (Å²) in [4.78, 5) is 0. The van der Waals surface area contributed by atoms with E-state index in [-0.39, 0.29) is 0 Å². The standard InChI is InChI=1S/C17H15N3O/c1-12-7-8-13(10-18)9-17(12)21-11-15-14-5-3-4-6-16(14)20(2)19-15/h3-9H,11H2,1-2H3. The molecule has 1 heterocycles. The zero-order chi connectivity index (χ0) is 14.8. The van der Waals surface area contributed by atoms with Gasteiger partial charge in [-0.3, -0.25) is 4.68 Å². The minimum Gasteiger partial charge on any atom is -0.487 e. The Morgan fingerprint density at radius 3 is 2.86 bits per heavy atom. The highest BCUT2D eigenvalue weighted by molar-refractivity contribution is 5.81. The molecule has 1 aromatic heterocycles. The zero-order valence-corrected chi connectivity index (χ0v) is 12.0. The molecule has 0 aliphatic rings. The molecule has 0 unspecified atom stereocenters. The van der Waals surface area contributed by atoms with E-state index in [1.807, 2.05) is 49.0 Å². The third-order valence-electron chi connectivity index (χ3n) is 3.52. The second-order valence-corrected chi connectivity index (χ2v) is 4.97. The molecule has 0 saturated carbocycles. The number of nitriles is 1. The van der Waals surface area contributed by atoms with Gasteiger partial charge in [-0.25, -0.2) is 0 Å². The molecule has 0 spiro atoms. The van der Waals surface area contributed by atoms with Crippen LogP contribution in [0.1, 0.15) is 16.8 Å². The number of para-hydroxylation sites is 1. The Balaban J connectivity index is 1.89. The van der Waals surface area contributed by atoms with Crippen molar-refractivity contribution >= 4 is 10.9 Å². The number of benzene rings is 2. The number of hydrogen-bond acceptors (Lipinski definition) is 3. The van der Waals surface area contributed by atoms with E-state index in [1.165, 1.54) is 0 Å². The largest absolute Gasteiger partial charge is 0.487 e. The van der Waals surface area contributed by atoms with E-state index in [0.717, 1.165) is 27.9 Å².